The molecular formula is C9H9ClN2. The van der Waals surface area contributed by atoms with Gasteiger partial charge in [0.15, 0.2) is 0 Å². The smallest absolute Gasteiger partial charge is 0.0995 e. The summed E-state index contributed by atoms with van der Waals surface area (Å²) >= 11 is 5.82. The molecule has 2 nitrogen and oxygen atoms in total. The third-order valence-electron chi connectivity index (χ3n) is 1.91. The zero-order chi connectivity index (χ0) is 8.55. The number of imidazole rings is 1. The Morgan fingerprint density at radius 2 is 2.33 bits per heavy atom. The molecule has 2 aromatic heterocycles. The van der Waals surface area contributed by atoms with E-state index in [-0.39, 0.29) is 0 Å². The molecule has 2 aromatic rings. The van der Waals surface area contributed by atoms with E-state index >= 15 is 0 Å². The van der Waals surface area contributed by atoms with Crippen molar-refractivity contribution < 1.29 is 0 Å². The lowest BCUT2D eigenvalue weighted by Crippen LogP contribution is -1.83. The number of aromatic nitrogens is 2. The maximum absolute atomic E-state index is 5.82. The summed E-state index contributed by atoms with van der Waals surface area (Å²) in [6.45, 7) is 2.09. The number of pyridine rings is 1. The van der Waals surface area contributed by atoms with Gasteiger partial charge in [-0.3, -0.25) is 0 Å². The largest absolute Gasteiger partial charge is 0.305 e. The van der Waals surface area contributed by atoms with Crippen molar-refractivity contribution in [2.45, 2.75) is 13.3 Å². The zero-order valence-corrected chi connectivity index (χ0v) is 7.54. The van der Waals surface area contributed by atoms with Crippen LogP contribution < -0.4 is 0 Å². The third-order valence-corrected chi connectivity index (χ3v) is 2.13. The predicted octanol–water partition coefficient (Wildman–Crippen LogP) is 2.55. The standard InChI is InChI=1S/C9H9ClN2/c1-2-8-9-4-3-7(10)5-12(9)6-11-8/h3-6H,2H2,1H3. The van der Waals surface area contributed by atoms with Crippen molar-refractivity contribution in [3.05, 3.63) is 35.4 Å². The van der Waals surface area contributed by atoms with Gasteiger partial charge >= 0.3 is 0 Å². The Bertz CT molecular complexity index is 406. The molecule has 0 bridgehead atoms. The van der Waals surface area contributed by atoms with E-state index in [4.69, 9.17) is 11.6 Å². The second-order valence-electron chi connectivity index (χ2n) is 2.68. The Morgan fingerprint density at radius 3 is 3.08 bits per heavy atom. The highest BCUT2D eigenvalue weighted by molar-refractivity contribution is 6.30. The summed E-state index contributed by atoms with van der Waals surface area (Å²) in [5, 5.41) is 0.738. The summed E-state index contributed by atoms with van der Waals surface area (Å²) in [5.41, 5.74) is 2.26. The van der Waals surface area contributed by atoms with Crippen molar-refractivity contribution in [3.63, 3.8) is 0 Å². The normalized spacial score (nSPS) is 10.8. The van der Waals surface area contributed by atoms with E-state index in [9.17, 15) is 0 Å². The highest BCUT2D eigenvalue weighted by Gasteiger charge is 2.00. The van der Waals surface area contributed by atoms with Gasteiger partial charge in [0.25, 0.3) is 0 Å². The van der Waals surface area contributed by atoms with Crippen molar-refractivity contribution in [2.75, 3.05) is 0 Å². The van der Waals surface area contributed by atoms with Gasteiger partial charge in [0.2, 0.25) is 0 Å². The van der Waals surface area contributed by atoms with E-state index in [0.29, 0.717) is 0 Å². The van der Waals surface area contributed by atoms with Crippen molar-refractivity contribution in [1.29, 1.82) is 0 Å². The Morgan fingerprint density at radius 1 is 1.50 bits per heavy atom. The molecule has 0 saturated carbocycles. The van der Waals surface area contributed by atoms with Crippen LogP contribution in [0.15, 0.2) is 24.7 Å². The molecule has 62 valence electrons. The minimum absolute atomic E-state index is 0.738. The van der Waals surface area contributed by atoms with Gasteiger partial charge in [-0.1, -0.05) is 18.5 Å². The van der Waals surface area contributed by atoms with Gasteiger partial charge < -0.3 is 4.40 Å². The van der Waals surface area contributed by atoms with Crippen LogP contribution in [-0.4, -0.2) is 9.38 Å². The van der Waals surface area contributed by atoms with Crippen LogP contribution in [0.25, 0.3) is 5.52 Å². The predicted molar refractivity (Wildman–Crippen MR) is 49.6 cm³/mol. The molecule has 0 fully saturated rings. The van der Waals surface area contributed by atoms with Crippen molar-refractivity contribution in [1.82, 2.24) is 9.38 Å². The first-order valence-electron chi connectivity index (χ1n) is 3.92. The molecule has 12 heavy (non-hydrogen) atoms. The van der Waals surface area contributed by atoms with Gasteiger partial charge in [0, 0.05) is 6.20 Å². The second kappa shape index (κ2) is 2.79. The van der Waals surface area contributed by atoms with E-state index in [1.54, 1.807) is 6.33 Å². The Balaban J connectivity index is 2.73. The molecule has 0 atom stereocenters. The number of fused-ring (bicyclic) bond motifs is 1. The fourth-order valence-corrected chi connectivity index (χ4v) is 1.47. The molecule has 2 heterocycles. The van der Waals surface area contributed by atoms with Crippen LogP contribution in [0, 0.1) is 0 Å². The molecule has 2 rings (SSSR count). The van der Waals surface area contributed by atoms with Crippen LogP contribution in [0.2, 0.25) is 5.02 Å². The minimum atomic E-state index is 0.738. The van der Waals surface area contributed by atoms with Gasteiger partial charge in [-0.15, -0.1) is 0 Å². The molecule has 0 aliphatic rings. The summed E-state index contributed by atoms with van der Waals surface area (Å²) in [6.07, 6.45) is 4.61. The lowest BCUT2D eigenvalue weighted by molar-refractivity contribution is 1.07. The molecule has 0 aliphatic heterocycles. The second-order valence-corrected chi connectivity index (χ2v) is 3.12. The topological polar surface area (TPSA) is 17.3 Å². The van der Waals surface area contributed by atoms with Gasteiger partial charge in [0.1, 0.15) is 0 Å². The number of halogens is 1. The summed E-state index contributed by atoms with van der Waals surface area (Å²) in [5.74, 6) is 0. The summed E-state index contributed by atoms with van der Waals surface area (Å²) < 4.78 is 1.95. The van der Waals surface area contributed by atoms with Crippen molar-refractivity contribution in [3.8, 4) is 0 Å². The minimum Gasteiger partial charge on any atom is -0.305 e. The molecular weight excluding hydrogens is 172 g/mol. The number of hydrogen-bond acceptors (Lipinski definition) is 1. The maximum Gasteiger partial charge on any atom is 0.0995 e. The Labute approximate surface area is 75.8 Å². The Hall–Kier alpha value is -1.02. The highest BCUT2D eigenvalue weighted by Crippen LogP contribution is 2.14. The maximum atomic E-state index is 5.82. The molecule has 0 N–H and O–H groups in total. The molecule has 0 aliphatic carbocycles. The number of nitrogens with zero attached hydrogens (tertiary/aromatic N) is 2. The zero-order valence-electron chi connectivity index (χ0n) is 6.79. The van der Waals surface area contributed by atoms with E-state index in [0.717, 1.165) is 22.7 Å². The van der Waals surface area contributed by atoms with E-state index < -0.39 is 0 Å². The van der Waals surface area contributed by atoms with E-state index in [1.807, 2.05) is 22.7 Å². The first-order valence-corrected chi connectivity index (χ1v) is 4.30. The molecule has 0 aromatic carbocycles. The summed E-state index contributed by atoms with van der Waals surface area (Å²) in [6, 6.07) is 3.88. The monoisotopic (exact) mass is 180 g/mol. The SMILES string of the molecule is CCc1ncn2cc(Cl)ccc12. The van der Waals surface area contributed by atoms with Crippen LogP contribution in [0.5, 0.6) is 0 Å². The van der Waals surface area contributed by atoms with E-state index in [2.05, 4.69) is 11.9 Å². The Kier molecular flexibility index (Phi) is 1.77. The lowest BCUT2D eigenvalue weighted by atomic mass is 10.3. The molecule has 0 unspecified atom stereocenters. The van der Waals surface area contributed by atoms with Gasteiger partial charge in [-0.2, -0.15) is 0 Å². The fraction of sp³-hybridized carbons (Fsp3) is 0.222. The number of rotatable bonds is 1. The number of hydrogen-bond donors (Lipinski definition) is 0. The van der Waals surface area contributed by atoms with Crippen LogP contribution in [0.4, 0.5) is 0 Å². The first kappa shape index (κ1) is 7.62. The summed E-state index contributed by atoms with van der Waals surface area (Å²) in [4.78, 5) is 4.26. The first-order chi connectivity index (χ1) is 5.81. The van der Waals surface area contributed by atoms with Crippen LogP contribution in [0.1, 0.15) is 12.6 Å². The van der Waals surface area contributed by atoms with Crippen LogP contribution in [0.3, 0.4) is 0 Å². The lowest BCUT2D eigenvalue weighted by Gasteiger charge is -1.95. The van der Waals surface area contributed by atoms with E-state index in [1.165, 1.54) is 0 Å². The third kappa shape index (κ3) is 1.08. The fourth-order valence-electron chi connectivity index (χ4n) is 1.30. The van der Waals surface area contributed by atoms with Crippen LogP contribution in [-0.2, 0) is 6.42 Å². The van der Waals surface area contributed by atoms with Gasteiger partial charge in [-0.05, 0) is 18.6 Å². The molecule has 3 heteroatoms. The quantitative estimate of drug-likeness (QED) is 0.660. The molecule has 0 radical (unpaired) electrons. The average Bonchev–Trinajstić information content (AvgIpc) is 2.46. The van der Waals surface area contributed by atoms with Gasteiger partial charge in [0.05, 0.1) is 22.6 Å². The molecule has 0 saturated heterocycles. The average molecular weight is 181 g/mol. The molecule has 0 spiro atoms. The highest BCUT2D eigenvalue weighted by atomic mass is 35.5. The summed E-state index contributed by atoms with van der Waals surface area (Å²) in [7, 11) is 0. The number of aryl methyl sites for hydroxylation is 1. The van der Waals surface area contributed by atoms with Crippen LogP contribution >= 0.6 is 11.6 Å². The van der Waals surface area contributed by atoms with Gasteiger partial charge in [-0.25, -0.2) is 4.98 Å². The molecule has 0 amide bonds. The van der Waals surface area contributed by atoms with Crippen molar-refractivity contribution in [2.24, 2.45) is 0 Å². The van der Waals surface area contributed by atoms with Crippen molar-refractivity contribution >= 4 is 17.1 Å².